The van der Waals surface area contributed by atoms with Crippen molar-refractivity contribution < 1.29 is 4.74 Å². The van der Waals surface area contributed by atoms with E-state index in [9.17, 15) is 0 Å². The highest BCUT2D eigenvalue weighted by Gasteiger charge is 2.48. The monoisotopic (exact) mass is 221 g/mol. The van der Waals surface area contributed by atoms with Crippen LogP contribution in [0.15, 0.2) is 6.58 Å². The zero-order valence-electron chi connectivity index (χ0n) is 8.49. The van der Waals surface area contributed by atoms with Crippen molar-refractivity contribution in [2.75, 3.05) is 6.61 Å². The summed E-state index contributed by atoms with van der Waals surface area (Å²) < 4.78 is 5.24. The van der Waals surface area contributed by atoms with Crippen molar-refractivity contribution >= 4 is 17.1 Å². The average molecular weight is 221 g/mol. The fourth-order valence-electron chi connectivity index (χ4n) is 1.26. The van der Waals surface area contributed by atoms with Crippen LogP contribution in [0, 0.1) is 11.3 Å². The van der Waals surface area contributed by atoms with E-state index in [2.05, 4.69) is 22.8 Å². The minimum Gasteiger partial charge on any atom is -0.491 e. The van der Waals surface area contributed by atoms with Crippen molar-refractivity contribution in [3.05, 3.63) is 16.6 Å². The van der Waals surface area contributed by atoms with Crippen molar-refractivity contribution in [2.45, 2.75) is 25.2 Å². The number of nitriles is 1. The number of ether oxygens (including phenoxy) is 1. The first-order chi connectivity index (χ1) is 7.22. The number of hydrogen-bond acceptors (Lipinski definition) is 5. The van der Waals surface area contributed by atoms with E-state index in [0.717, 1.165) is 17.8 Å². The smallest absolute Gasteiger partial charge is 0.182 e. The van der Waals surface area contributed by atoms with E-state index in [1.54, 1.807) is 0 Å². The Morgan fingerprint density at radius 1 is 1.67 bits per heavy atom. The van der Waals surface area contributed by atoms with Gasteiger partial charge in [0.25, 0.3) is 0 Å². The Labute approximate surface area is 92.2 Å². The maximum atomic E-state index is 9.00. The molecule has 0 saturated heterocycles. The number of nitrogens with zero attached hydrogens (tertiary/aromatic N) is 3. The summed E-state index contributed by atoms with van der Waals surface area (Å²) in [7, 11) is 0. The molecular formula is C10H11N3OS. The Morgan fingerprint density at radius 2 is 2.40 bits per heavy atom. The second-order valence-corrected chi connectivity index (χ2v) is 4.44. The molecule has 1 aliphatic rings. The van der Waals surface area contributed by atoms with Gasteiger partial charge in [-0.05, 0) is 19.8 Å². The second kappa shape index (κ2) is 3.63. The predicted octanol–water partition coefficient (Wildman–Crippen LogP) is 2.10. The average Bonchev–Trinajstić information content (AvgIpc) is 2.88. The molecule has 0 spiro atoms. The molecule has 0 amide bonds. The summed E-state index contributed by atoms with van der Waals surface area (Å²) in [5.41, 5.74) is -0.359. The van der Waals surface area contributed by atoms with Gasteiger partial charge in [-0.25, -0.2) is 0 Å². The van der Waals surface area contributed by atoms with E-state index < -0.39 is 0 Å². The topological polar surface area (TPSA) is 58.8 Å². The standard InChI is InChI=1S/C10H11N3OS/c1-3-14-7(2)8-12-13-9(15-8)10(6-11)4-5-10/h2-5H2,1H3. The van der Waals surface area contributed by atoms with Gasteiger partial charge in [0.2, 0.25) is 0 Å². The Bertz CT molecular complexity index is 428. The van der Waals surface area contributed by atoms with Gasteiger partial charge in [0.1, 0.15) is 16.2 Å². The molecule has 1 aromatic heterocycles. The van der Waals surface area contributed by atoms with Gasteiger partial charge >= 0.3 is 0 Å². The second-order valence-electron chi connectivity index (χ2n) is 3.46. The van der Waals surface area contributed by atoms with Crippen molar-refractivity contribution in [3.63, 3.8) is 0 Å². The van der Waals surface area contributed by atoms with Gasteiger partial charge in [0.05, 0.1) is 12.7 Å². The quantitative estimate of drug-likeness (QED) is 0.730. The maximum absolute atomic E-state index is 9.00. The van der Waals surface area contributed by atoms with Crippen molar-refractivity contribution in [2.24, 2.45) is 0 Å². The molecule has 1 fully saturated rings. The largest absolute Gasteiger partial charge is 0.491 e. The molecule has 0 radical (unpaired) electrons. The molecule has 5 heteroatoms. The van der Waals surface area contributed by atoms with E-state index in [4.69, 9.17) is 10.00 Å². The molecule has 1 aliphatic carbocycles. The normalized spacial score (nSPS) is 16.8. The van der Waals surface area contributed by atoms with Gasteiger partial charge < -0.3 is 4.74 Å². The van der Waals surface area contributed by atoms with Crippen LogP contribution in [0.4, 0.5) is 0 Å². The van der Waals surface area contributed by atoms with Gasteiger partial charge in [0, 0.05) is 0 Å². The van der Waals surface area contributed by atoms with Gasteiger partial charge in [-0.1, -0.05) is 17.9 Å². The first-order valence-electron chi connectivity index (χ1n) is 4.79. The van der Waals surface area contributed by atoms with E-state index in [1.165, 1.54) is 11.3 Å². The summed E-state index contributed by atoms with van der Waals surface area (Å²) in [6.07, 6.45) is 1.78. The summed E-state index contributed by atoms with van der Waals surface area (Å²) >= 11 is 1.41. The third-order valence-electron chi connectivity index (χ3n) is 2.36. The van der Waals surface area contributed by atoms with Crippen LogP contribution in [0.5, 0.6) is 0 Å². The molecule has 0 bridgehead atoms. The first-order valence-corrected chi connectivity index (χ1v) is 5.61. The SMILES string of the molecule is C=C(OCC)c1nnc(C2(C#N)CC2)s1. The van der Waals surface area contributed by atoms with Crippen LogP contribution in [-0.4, -0.2) is 16.8 Å². The molecule has 1 heterocycles. The lowest BCUT2D eigenvalue weighted by Gasteiger charge is -2.00. The van der Waals surface area contributed by atoms with E-state index in [-0.39, 0.29) is 5.41 Å². The molecule has 0 unspecified atom stereocenters. The number of aromatic nitrogens is 2. The summed E-state index contributed by atoms with van der Waals surface area (Å²) in [6, 6.07) is 2.29. The van der Waals surface area contributed by atoms with Crippen LogP contribution < -0.4 is 0 Å². The summed E-state index contributed by atoms with van der Waals surface area (Å²) in [5.74, 6) is 0.537. The first kappa shape index (κ1) is 10.1. The fraction of sp³-hybridized carbons (Fsp3) is 0.500. The van der Waals surface area contributed by atoms with Crippen LogP contribution in [0.25, 0.3) is 5.76 Å². The molecule has 2 rings (SSSR count). The third kappa shape index (κ3) is 1.73. The summed E-state index contributed by atoms with van der Waals surface area (Å²) in [6.45, 7) is 6.22. The predicted molar refractivity (Wildman–Crippen MR) is 57.1 cm³/mol. The van der Waals surface area contributed by atoms with Gasteiger partial charge in [-0.2, -0.15) is 5.26 Å². The molecule has 0 N–H and O–H groups in total. The van der Waals surface area contributed by atoms with Crippen LogP contribution >= 0.6 is 11.3 Å². The Morgan fingerprint density at radius 3 is 2.93 bits per heavy atom. The molecule has 15 heavy (non-hydrogen) atoms. The van der Waals surface area contributed by atoms with E-state index in [1.807, 2.05) is 6.92 Å². The lowest BCUT2D eigenvalue weighted by atomic mass is 10.1. The maximum Gasteiger partial charge on any atom is 0.182 e. The summed E-state index contributed by atoms with van der Waals surface area (Å²) in [5, 5.41) is 18.5. The third-order valence-corrected chi connectivity index (χ3v) is 3.52. The lowest BCUT2D eigenvalue weighted by molar-refractivity contribution is 0.298. The van der Waals surface area contributed by atoms with Crippen LogP contribution in [0.3, 0.4) is 0 Å². The number of rotatable bonds is 4. The molecule has 0 aliphatic heterocycles. The zero-order valence-corrected chi connectivity index (χ0v) is 9.30. The molecule has 1 saturated carbocycles. The minimum atomic E-state index is -0.359. The van der Waals surface area contributed by atoms with Crippen LogP contribution in [0.1, 0.15) is 29.8 Å². The lowest BCUT2D eigenvalue weighted by Crippen LogP contribution is -2.00. The highest BCUT2D eigenvalue weighted by molar-refractivity contribution is 7.12. The van der Waals surface area contributed by atoms with Crippen LogP contribution in [0.2, 0.25) is 0 Å². The highest BCUT2D eigenvalue weighted by Crippen LogP contribution is 2.48. The summed E-state index contributed by atoms with van der Waals surface area (Å²) in [4.78, 5) is 0. The van der Waals surface area contributed by atoms with E-state index >= 15 is 0 Å². The molecular weight excluding hydrogens is 210 g/mol. The molecule has 1 aromatic rings. The fourth-order valence-corrected chi connectivity index (χ4v) is 2.23. The minimum absolute atomic E-state index is 0.359. The Balaban J connectivity index is 2.18. The van der Waals surface area contributed by atoms with Gasteiger partial charge in [0.15, 0.2) is 5.01 Å². The van der Waals surface area contributed by atoms with Gasteiger partial charge in [-0.3, -0.25) is 0 Å². The molecule has 78 valence electrons. The highest BCUT2D eigenvalue weighted by atomic mass is 32.1. The van der Waals surface area contributed by atoms with Crippen LogP contribution in [-0.2, 0) is 10.2 Å². The molecule has 0 aromatic carbocycles. The molecule has 4 nitrogen and oxygen atoms in total. The molecule has 0 atom stereocenters. The Hall–Kier alpha value is -1.41. The zero-order chi connectivity index (χ0) is 10.9. The number of hydrogen-bond donors (Lipinski definition) is 0. The van der Waals surface area contributed by atoms with Crippen molar-refractivity contribution in [1.82, 2.24) is 10.2 Å². The van der Waals surface area contributed by atoms with Crippen molar-refractivity contribution in [1.29, 1.82) is 5.26 Å². The van der Waals surface area contributed by atoms with Gasteiger partial charge in [-0.15, -0.1) is 10.2 Å². The Kier molecular flexibility index (Phi) is 2.45. The van der Waals surface area contributed by atoms with Crippen molar-refractivity contribution in [3.8, 4) is 6.07 Å². The van der Waals surface area contributed by atoms with E-state index in [0.29, 0.717) is 17.4 Å².